The summed E-state index contributed by atoms with van der Waals surface area (Å²) < 4.78 is 0. The zero-order chi connectivity index (χ0) is 19.9. The quantitative estimate of drug-likeness (QED) is 0.804. The number of hydrogen-bond donors (Lipinski definition) is 1. The molecule has 0 saturated carbocycles. The van der Waals surface area contributed by atoms with Crippen LogP contribution in [-0.2, 0) is 16.0 Å². The monoisotopic (exact) mass is 377 g/mol. The van der Waals surface area contributed by atoms with E-state index in [9.17, 15) is 9.59 Å². The Balaban J connectivity index is 1.49. The maximum atomic E-state index is 12.2. The molecule has 2 aromatic rings. The molecule has 0 spiro atoms. The summed E-state index contributed by atoms with van der Waals surface area (Å²) in [6, 6.07) is 16.4. The minimum Gasteiger partial charge on any atom is -0.356 e. The van der Waals surface area contributed by atoms with Crippen molar-refractivity contribution >= 4 is 17.5 Å². The van der Waals surface area contributed by atoms with Crippen molar-refractivity contribution in [2.75, 3.05) is 13.1 Å². The molecule has 1 N–H and O–H groups in total. The smallest absolute Gasteiger partial charge is 0.243 e. The molecule has 5 heteroatoms. The molecular formula is C23H27N3O2. The third-order valence-electron chi connectivity index (χ3n) is 4.86. The van der Waals surface area contributed by atoms with Gasteiger partial charge in [0.2, 0.25) is 11.8 Å². The van der Waals surface area contributed by atoms with Gasteiger partial charge >= 0.3 is 0 Å². The Kier molecular flexibility index (Phi) is 6.58. The van der Waals surface area contributed by atoms with Crippen LogP contribution < -0.4 is 5.32 Å². The maximum absolute atomic E-state index is 12.2. The summed E-state index contributed by atoms with van der Waals surface area (Å²) in [6.45, 7) is 5.00. The van der Waals surface area contributed by atoms with E-state index in [1.54, 1.807) is 0 Å². The standard InChI is InChI=1S/C23H27N3O2/c1-17-6-8-20(9-7-17)21-10-11-23(28)26(25-21)15-13-22(27)24-14-12-19-5-3-4-18(2)16-19/h3-9,16H,10-15H2,1-2H3,(H,24,27). The Morgan fingerprint density at radius 3 is 2.61 bits per heavy atom. The van der Waals surface area contributed by atoms with Gasteiger partial charge in [0.25, 0.3) is 0 Å². The Bertz CT molecular complexity index is 872. The van der Waals surface area contributed by atoms with E-state index in [1.807, 2.05) is 37.3 Å². The van der Waals surface area contributed by atoms with Crippen LogP contribution in [0.2, 0.25) is 0 Å². The minimum absolute atomic E-state index is 0.0246. The minimum atomic E-state index is -0.0573. The molecule has 0 radical (unpaired) electrons. The van der Waals surface area contributed by atoms with E-state index in [2.05, 4.69) is 35.5 Å². The van der Waals surface area contributed by atoms with Crippen molar-refractivity contribution in [1.82, 2.24) is 10.3 Å². The summed E-state index contributed by atoms with van der Waals surface area (Å²) in [6.07, 6.45) is 2.12. The summed E-state index contributed by atoms with van der Waals surface area (Å²) in [5.74, 6) is -0.0819. The predicted octanol–water partition coefficient (Wildman–Crippen LogP) is 3.38. The highest BCUT2D eigenvalue weighted by molar-refractivity contribution is 6.04. The highest BCUT2D eigenvalue weighted by Crippen LogP contribution is 2.16. The molecule has 0 aliphatic carbocycles. The van der Waals surface area contributed by atoms with Crippen molar-refractivity contribution in [3.05, 3.63) is 70.8 Å². The lowest BCUT2D eigenvalue weighted by molar-refractivity contribution is -0.132. The van der Waals surface area contributed by atoms with Gasteiger partial charge in [-0.1, -0.05) is 59.7 Å². The number of nitrogens with zero attached hydrogens (tertiary/aromatic N) is 2. The predicted molar refractivity (Wildman–Crippen MR) is 111 cm³/mol. The molecule has 28 heavy (non-hydrogen) atoms. The lowest BCUT2D eigenvalue weighted by Crippen LogP contribution is -2.35. The van der Waals surface area contributed by atoms with Gasteiger partial charge in [-0.25, -0.2) is 5.01 Å². The van der Waals surface area contributed by atoms with Gasteiger partial charge in [-0.2, -0.15) is 5.10 Å². The lowest BCUT2D eigenvalue weighted by atomic mass is 10.0. The molecule has 5 nitrogen and oxygen atoms in total. The average molecular weight is 377 g/mol. The number of rotatable bonds is 7. The van der Waals surface area contributed by atoms with Gasteiger partial charge in [-0.05, 0) is 31.4 Å². The first-order chi connectivity index (χ1) is 13.5. The van der Waals surface area contributed by atoms with Crippen molar-refractivity contribution in [1.29, 1.82) is 0 Å². The zero-order valence-electron chi connectivity index (χ0n) is 16.6. The molecule has 0 aromatic heterocycles. The van der Waals surface area contributed by atoms with E-state index in [-0.39, 0.29) is 18.2 Å². The highest BCUT2D eigenvalue weighted by atomic mass is 16.2. The second-order valence-corrected chi connectivity index (χ2v) is 7.27. The lowest BCUT2D eigenvalue weighted by Gasteiger charge is -2.23. The third kappa shape index (κ3) is 5.52. The van der Waals surface area contributed by atoms with E-state index < -0.39 is 0 Å². The van der Waals surface area contributed by atoms with Crippen LogP contribution in [-0.4, -0.2) is 35.6 Å². The molecule has 0 saturated heterocycles. The van der Waals surface area contributed by atoms with E-state index >= 15 is 0 Å². The molecule has 146 valence electrons. The number of nitrogens with one attached hydrogen (secondary N) is 1. The van der Waals surface area contributed by atoms with Gasteiger partial charge < -0.3 is 5.32 Å². The first kappa shape index (κ1) is 19.8. The van der Waals surface area contributed by atoms with Crippen LogP contribution >= 0.6 is 0 Å². The molecule has 3 rings (SSSR count). The van der Waals surface area contributed by atoms with Gasteiger partial charge in [0, 0.05) is 25.8 Å². The number of aryl methyl sites for hydroxylation is 2. The van der Waals surface area contributed by atoms with Crippen LogP contribution in [0.25, 0.3) is 0 Å². The van der Waals surface area contributed by atoms with E-state index in [0.717, 1.165) is 17.7 Å². The van der Waals surface area contributed by atoms with E-state index in [4.69, 9.17) is 0 Å². The van der Waals surface area contributed by atoms with Gasteiger partial charge in [0.1, 0.15) is 0 Å². The van der Waals surface area contributed by atoms with Crippen molar-refractivity contribution in [3.8, 4) is 0 Å². The Hall–Kier alpha value is -2.95. The van der Waals surface area contributed by atoms with Crippen LogP contribution in [0.5, 0.6) is 0 Å². The number of carbonyl (C=O) groups is 2. The fraction of sp³-hybridized carbons (Fsp3) is 0.348. The Morgan fingerprint density at radius 1 is 1.07 bits per heavy atom. The Morgan fingerprint density at radius 2 is 1.86 bits per heavy atom. The fourth-order valence-corrected chi connectivity index (χ4v) is 3.24. The topological polar surface area (TPSA) is 61.8 Å². The number of benzene rings is 2. The van der Waals surface area contributed by atoms with Crippen molar-refractivity contribution in [2.24, 2.45) is 5.10 Å². The van der Waals surface area contributed by atoms with Crippen molar-refractivity contribution < 1.29 is 9.59 Å². The van der Waals surface area contributed by atoms with Crippen LogP contribution in [0, 0.1) is 13.8 Å². The summed E-state index contributed by atoms with van der Waals surface area (Å²) in [7, 11) is 0. The van der Waals surface area contributed by atoms with Crippen LogP contribution in [0.15, 0.2) is 53.6 Å². The number of hydrazone groups is 1. The summed E-state index contributed by atoms with van der Waals surface area (Å²) in [5.41, 5.74) is 5.55. The highest BCUT2D eigenvalue weighted by Gasteiger charge is 2.21. The summed E-state index contributed by atoms with van der Waals surface area (Å²) in [4.78, 5) is 24.3. The second kappa shape index (κ2) is 9.31. The van der Waals surface area contributed by atoms with Crippen molar-refractivity contribution in [3.63, 3.8) is 0 Å². The molecule has 2 amide bonds. The maximum Gasteiger partial charge on any atom is 0.243 e. The molecule has 0 unspecified atom stereocenters. The van der Waals surface area contributed by atoms with Crippen LogP contribution in [0.4, 0.5) is 0 Å². The SMILES string of the molecule is Cc1ccc(C2=NN(CCC(=O)NCCc3cccc(C)c3)C(=O)CC2)cc1. The second-order valence-electron chi connectivity index (χ2n) is 7.27. The molecule has 0 atom stereocenters. The molecule has 0 fully saturated rings. The zero-order valence-corrected chi connectivity index (χ0v) is 16.6. The molecular weight excluding hydrogens is 350 g/mol. The third-order valence-corrected chi connectivity index (χ3v) is 4.86. The molecule has 1 heterocycles. The first-order valence-electron chi connectivity index (χ1n) is 9.78. The van der Waals surface area contributed by atoms with E-state index in [1.165, 1.54) is 21.7 Å². The Labute approximate surface area is 166 Å². The van der Waals surface area contributed by atoms with Crippen molar-refractivity contribution in [2.45, 2.75) is 39.5 Å². The number of hydrogen-bond acceptors (Lipinski definition) is 3. The number of amides is 2. The summed E-state index contributed by atoms with van der Waals surface area (Å²) >= 11 is 0. The first-order valence-corrected chi connectivity index (χ1v) is 9.78. The fourth-order valence-electron chi connectivity index (χ4n) is 3.24. The number of carbonyl (C=O) groups excluding carboxylic acids is 2. The normalized spacial score (nSPS) is 14.0. The van der Waals surface area contributed by atoms with Gasteiger partial charge in [-0.15, -0.1) is 0 Å². The molecule has 0 bridgehead atoms. The van der Waals surface area contributed by atoms with Gasteiger partial charge in [0.15, 0.2) is 0 Å². The molecule has 1 aliphatic rings. The van der Waals surface area contributed by atoms with Gasteiger partial charge in [-0.3, -0.25) is 9.59 Å². The van der Waals surface area contributed by atoms with Gasteiger partial charge in [0.05, 0.1) is 12.3 Å². The average Bonchev–Trinajstić information content (AvgIpc) is 2.68. The summed E-state index contributed by atoms with van der Waals surface area (Å²) in [5, 5.41) is 8.86. The van der Waals surface area contributed by atoms with Crippen LogP contribution in [0.1, 0.15) is 41.5 Å². The van der Waals surface area contributed by atoms with Crippen LogP contribution in [0.3, 0.4) is 0 Å². The molecule has 1 aliphatic heterocycles. The largest absolute Gasteiger partial charge is 0.356 e. The molecule has 2 aromatic carbocycles. The van der Waals surface area contributed by atoms with E-state index in [0.29, 0.717) is 25.9 Å².